The molecule has 0 spiro atoms. The molecule has 2 aliphatic heterocycles. The van der Waals surface area contributed by atoms with Crippen LogP contribution >= 0.6 is 0 Å². The van der Waals surface area contributed by atoms with Gasteiger partial charge in [-0.3, -0.25) is 0 Å². The third kappa shape index (κ3) is 7.90. The minimum absolute atomic E-state index is 0.00679. The molecule has 1 saturated heterocycles. The van der Waals surface area contributed by atoms with Gasteiger partial charge in [-0.1, -0.05) is 20.8 Å². The van der Waals surface area contributed by atoms with E-state index < -0.39 is 0 Å². The van der Waals surface area contributed by atoms with Gasteiger partial charge in [-0.25, -0.2) is 0 Å². The number of imidazole rings is 1. The second-order valence-corrected chi connectivity index (χ2v) is 20.6. The summed E-state index contributed by atoms with van der Waals surface area (Å²) < 4.78 is 12.5. The Kier molecular flexibility index (Phi) is 11.0. The minimum Gasteiger partial charge on any atom is 0.00197 e. The van der Waals surface area contributed by atoms with Gasteiger partial charge in [-0.05, 0) is 30.6 Å². The van der Waals surface area contributed by atoms with Crippen LogP contribution < -0.4 is 9.64 Å². The zero-order valence-corrected chi connectivity index (χ0v) is 40.1. The number of hydrogen-bond donors (Lipinski definition) is 0. The summed E-state index contributed by atoms with van der Waals surface area (Å²) in [6, 6.07) is 57.5. The number of hydrogen-bond acceptors (Lipinski definition) is 4. The van der Waals surface area contributed by atoms with Gasteiger partial charge in [-0.2, -0.15) is 0 Å². The first kappa shape index (κ1) is 42.2. The van der Waals surface area contributed by atoms with Crippen molar-refractivity contribution < 1.29 is 24.1 Å². The smallest absolute Gasteiger partial charge is 0.00197 e. The summed E-state index contributed by atoms with van der Waals surface area (Å²) in [4.78, 5) is 9.80. The number of ether oxygens (including phenoxy) is 1. The van der Waals surface area contributed by atoms with Gasteiger partial charge in [0.2, 0.25) is 0 Å². The molecule has 0 aliphatic carbocycles. The number of likely N-dealkylation sites (tertiary alicyclic amines) is 1. The Hall–Kier alpha value is -5.81. The van der Waals surface area contributed by atoms with E-state index in [4.69, 9.17) is 9.72 Å². The van der Waals surface area contributed by atoms with Crippen LogP contribution in [0.1, 0.15) is 70.6 Å². The van der Waals surface area contributed by atoms with E-state index in [1.807, 2.05) is 12.3 Å². The van der Waals surface area contributed by atoms with Gasteiger partial charge in [0.05, 0.1) is 0 Å². The quantitative estimate of drug-likeness (QED) is 0.149. The first-order valence-electron chi connectivity index (χ1n) is 22.5. The molecule has 0 radical (unpaired) electrons. The topological polar surface area (TPSA) is 38.5 Å². The Labute approximate surface area is 389 Å². The predicted octanol–water partition coefficient (Wildman–Crippen LogP) is 13.4. The van der Waals surface area contributed by atoms with Crippen molar-refractivity contribution >= 4 is 22.5 Å². The molecule has 7 heteroatoms. The van der Waals surface area contributed by atoms with Crippen molar-refractivity contribution in [1.29, 1.82) is 0 Å². The number of fused-ring (bicyclic) bond motifs is 4. The van der Waals surface area contributed by atoms with Crippen LogP contribution in [0.15, 0.2) is 146 Å². The van der Waals surface area contributed by atoms with Crippen molar-refractivity contribution in [3.8, 4) is 45.1 Å². The van der Waals surface area contributed by atoms with Gasteiger partial charge in [0.15, 0.2) is 0 Å². The van der Waals surface area contributed by atoms with E-state index in [-0.39, 0.29) is 10.8 Å². The third-order valence-electron chi connectivity index (χ3n) is 13.1. The maximum atomic E-state index is 6.78. The van der Waals surface area contributed by atoms with E-state index in [1.54, 1.807) is 0 Å². The van der Waals surface area contributed by atoms with Crippen molar-refractivity contribution in [3.63, 3.8) is 0 Å². The van der Waals surface area contributed by atoms with Gasteiger partial charge in [0, 0.05) is 12.7 Å². The third-order valence-corrected chi connectivity index (χ3v) is 14.1. The summed E-state index contributed by atoms with van der Waals surface area (Å²) in [5.74, 6) is 3.23. The zero-order valence-electron chi connectivity index (χ0n) is 37.8. The number of benzene rings is 6. The Balaban J connectivity index is 1.09. The van der Waals surface area contributed by atoms with Gasteiger partial charge >= 0.3 is 322 Å². The van der Waals surface area contributed by atoms with Gasteiger partial charge in [0.1, 0.15) is 0 Å². The molecule has 2 aliphatic rings. The number of nitrogens with zero attached hydrogens (tertiary/aromatic N) is 5. The maximum absolute atomic E-state index is 6.78. The molecule has 0 saturated carbocycles. The molecule has 64 heavy (non-hydrogen) atoms. The van der Waals surface area contributed by atoms with Crippen molar-refractivity contribution in [3.05, 3.63) is 178 Å². The molecule has 2 atom stereocenters. The normalized spacial score (nSPS) is 16.7. The molecule has 2 aromatic heterocycles. The molecule has 6 nitrogen and oxygen atoms in total. The van der Waals surface area contributed by atoms with Crippen molar-refractivity contribution in [2.45, 2.75) is 64.7 Å². The monoisotopic (exact) mass is 1020 g/mol. The fourth-order valence-corrected chi connectivity index (χ4v) is 10.8. The number of rotatable bonds is 7. The molecule has 2 unspecified atom stereocenters. The van der Waals surface area contributed by atoms with E-state index in [0.717, 1.165) is 63.8 Å². The summed E-state index contributed by atoms with van der Waals surface area (Å²) in [5, 5.41) is 0. The SMILES string of the molecule is CN1CCC2c3ccc(Oc4[c-]c(-n5[c](=[Pt])n(-c6c(-c7ccccc7)cc(C(C)(C)C)cc6-c6ccccc6)c6ccccc65)ccc4)[c-]c3N(c3cc(C(C)(C)C)ccn3)CC2C1. The minimum atomic E-state index is -0.0652. The molecular formula is C57H55N5OPt-2. The number of para-hydroxylation sites is 2. The molecular weight excluding hydrogens is 966 g/mol. The molecule has 6 aromatic carbocycles. The van der Waals surface area contributed by atoms with Crippen LogP contribution in [-0.4, -0.2) is 45.7 Å². The number of anilines is 2. The summed E-state index contributed by atoms with van der Waals surface area (Å²) in [6.45, 7) is 16.7. The van der Waals surface area contributed by atoms with E-state index in [2.05, 4.69) is 232 Å². The molecule has 10 rings (SSSR count). The Morgan fingerprint density at radius 3 is 1.92 bits per heavy atom. The van der Waals surface area contributed by atoms with Crippen LogP contribution in [0, 0.1) is 21.9 Å². The Morgan fingerprint density at radius 2 is 1.27 bits per heavy atom. The van der Waals surface area contributed by atoms with E-state index >= 15 is 0 Å². The Morgan fingerprint density at radius 1 is 0.641 bits per heavy atom. The fourth-order valence-electron chi connectivity index (χ4n) is 9.71. The van der Waals surface area contributed by atoms with E-state index in [9.17, 15) is 0 Å². The fraction of sp³-hybridized carbons (Fsp3) is 0.263. The van der Waals surface area contributed by atoms with E-state index in [0.29, 0.717) is 23.3 Å². The Bertz CT molecular complexity index is 3000. The molecule has 0 amide bonds. The first-order chi connectivity index (χ1) is 30.8. The van der Waals surface area contributed by atoms with Gasteiger partial charge in [-0.15, -0.1) is 0 Å². The predicted molar refractivity (Wildman–Crippen MR) is 258 cm³/mol. The van der Waals surface area contributed by atoms with Crippen LogP contribution in [-0.2, 0) is 30.2 Å². The summed E-state index contributed by atoms with van der Waals surface area (Å²) in [7, 11) is 2.24. The molecule has 8 aromatic rings. The second kappa shape index (κ2) is 16.6. The summed E-state index contributed by atoms with van der Waals surface area (Å²) >= 11 is 2.51. The van der Waals surface area contributed by atoms with Crippen LogP contribution in [0.4, 0.5) is 11.5 Å². The van der Waals surface area contributed by atoms with E-state index in [1.165, 1.54) is 38.9 Å². The van der Waals surface area contributed by atoms with Crippen molar-refractivity contribution in [2.75, 3.05) is 31.6 Å². The number of aromatic nitrogens is 3. The van der Waals surface area contributed by atoms with Crippen molar-refractivity contribution in [1.82, 2.24) is 19.0 Å². The van der Waals surface area contributed by atoms with Crippen LogP contribution in [0.3, 0.4) is 0 Å². The average Bonchev–Trinajstić information content (AvgIpc) is 3.59. The summed E-state index contributed by atoms with van der Waals surface area (Å²) in [5.41, 5.74) is 13.8. The standard InChI is InChI=1S/C57H55N5O.Pt/c1-56(2,3)42-27-29-58-54(33-42)60-37-41-36-59(7)30-28-47(41)48-26-25-46(35-53(48)60)63-45-22-16-21-44(34-45)61-38-62(52-24-15-14-23-51(52)61)55-49(39-17-10-8-11-18-39)31-43(57(4,5)6)32-50(55)40-19-12-9-13-20-40;/h8-27,29,31-33,41,47H,28,30,36-37H2,1-7H3;/q-2;. The van der Waals surface area contributed by atoms with Crippen LogP contribution in [0.5, 0.6) is 11.5 Å². The van der Waals surface area contributed by atoms with Crippen LogP contribution in [0.2, 0.25) is 0 Å². The average molecular weight is 1020 g/mol. The number of piperidine rings is 1. The van der Waals surface area contributed by atoms with Crippen LogP contribution in [0.25, 0.3) is 44.7 Å². The van der Waals surface area contributed by atoms with Crippen molar-refractivity contribution in [2.24, 2.45) is 5.92 Å². The molecule has 4 heterocycles. The van der Waals surface area contributed by atoms with Gasteiger partial charge < -0.3 is 4.90 Å². The number of pyridine rings is 1. The second-order valence-electron chi connectivity index (χ2n) is 19.6. The molecule has 0 bridgehead atoms. The molecule has 1 fully saturated rings. The van der Waals surface area contributed by atoms with Gasteiger partial charge in [0.25, 0.3) is 0 Å². The molecule has 0 N–H and O–H groups in total. The zero-order chi connectivity index (χ0) is 44.3. The summed E-state index contributed by atoms with van der Waals surface area (Å²) in [6.07, 6.45) is 3.09. The first-order valence-corrected chi connectivity index (χ1v) is 23.6. The molecule has 326 valence electrons.